The summed E-state index contributed by atoms with van der Waals surface area (Å²) < 4.78 is 27.7. The third kappa shape index (κ3) is 3.90. The highest BCUT2D eigenvalue weighted by Crippen LogP contribution is 2.52. The van der Waals surface area contributed by atoms with Crippen LogP contribution in [0.15, 0.2) is 46.7 Å². The second-order valence-electron chi connectivity index (χ2n) is 6.42. The molecular weight excluding hydrogens is 388 g/mol. The van der Waals surface area contributed by atoms with Crippen LogP contribution in [-0.4, -0.2) is 37.5 Å². The smallest absolute Gasteiger partial charge is 0.325 e. The average Bonchev–Trinajstić information content (AvgIpc) is 3.14. The summed E-state index contributed by atoms with van der Waals surface area (Å²) in [5.74, 6) is -1.99. The standard InChI is InChI=1S/C18H20N2O5S2/c1-2-10-19-16(21)14-8-9-15(26-14)27(24,25)20-18(17(22)23)11-13(18)12-6-4-3-5-7-12/h3-9,13,20H,2,10-11H2,1H3,(H,19,21)(H,22,23)/t13-,18+/m0/s1. The lowest BCUT2D eigenvalue weighted by atomic mass is 10.1. The van der Waals surface area contributed by atoms with Gasteiger partial charge in [-0.1, -0.05) is 37.3 Å². The summed E-state index contributed by atoms with van der Waals surface area (Å²) >= 11 is 0.820. The number of carboxylic acid groups (broad SMARTS) is 1. The molecule has 0 radical (unpaired) electrons. The molecule has 0 aliphatic heterocycles. The van der Waals surface area contributed by atoms with Crippen LogP contribution in [0, 0.1) is 0 Å². The minimum atomic E-state index is -4.07. The van der Waals surface area contributed by atoms with E-state index < -0.39 is 27.4 Å². The van der Waals surface area contributed by atoms with E-state index >= 15 is 0 Å². The van der Waals surface area contributed by atoms with Crippen molar-refractivity contribution >= 4 is 33.2 Å². The Morgan fingerprint density at radius 1 is 1.22 bits per heavy atom. The van der Waals surface area contributed by atoms with E-state index in [0.717, 1.165) is 23.3 Å². The molecule has 0 bridgehead atoms. The molecule has 7 nitrogen and oxygen atoms in total. The van der Waals surface area contributed by atoms with E-state index in [9.17, 15) is 23.1 Å². The number of sulfonamides is 1. The Kier molecular flexibility index (Phi) is 5.36. The number of thiophene rings is 1. The Hall–Kier alpha value is -2.23. The fraction of sp³-hybridized carbons (Fsp3) is 0.333. The van der Waals surface area contributed by atoms with Crippen LogP contribution in [0.25, 0.3) is 0 Å². The van der Waals surface area contributed by atoms with Crippen molar-refractivity contribution in [2.75, 3.05) is 6.54 Å². The number of rotatable bonds is 8. The normalized spacial score (nSPS) is 21.6. The van der Waals surface area contributed by atoms with Crippen LogP contribution in [0.2, 0.25) is 0 Å². The van der Waals surface area contributed by atoms with Crippen LogP contribution < -0.4 is 10.0 Å². The average molecular weight is 409 g/mol. The van der Waals surface area contributed by atoms with Gasteiger partial charge >= 0.3 is 5.97 Å². The summed E-state index contributed by atoms with van der Waals surface area (Å²) in [6.45, 7) is 2.41. The molecule has 1 aromatic carbocycles. The van der Waals surface area contributed by atoms with Crippen LogP contribution >= 0.6 is 11.3 Å². The van der Waals surface area contributed by atoms with E-state index in [1.54, 1.807) is 24.3 Å². The fourth-order valence-electron chi connectivity index (χ4n) is 2.95. The molecule has 1 heterocycles. The second-order valence-corrected chi connectivity index (χ2v) is 9.42. The molecule has 0 unspecified atom stereocenters. The van der Waals surface area contributed by atoms with Crippen molar-refractivity contribution in [3.8, 4) is 0 Å². The first-order valence-corrected chi connectivity index (χ1v) is 10.8. The molecule has 0 saturated heterocycles. The van der Waals surface area contributed by atoms with Crippen LogP contribution in [0.5, 0.6) is 0 Å². The molecular formula is C18H20N2O5S2. The maximum atomic E-state index is 12.7. The van der Waals surface area contributed by atoms with Gasteiger partial charge in [0.2, 0.25) is 0 Å². The van der Waals surface area contributed by atoms with Gasteiger partial charge in [-0.05, 0) is 30.5 Å². The summed E-state index contributed by atoms with van der Waals surface area (Å²) in [6, 6.07) is 11.7. The largest absolute Gasteiger partial charge is 0.480 e. The Morgan fingerprint density at radius 3 is 2.56 bits per heavy atom. The Balaban J connectivity index is 1.80. The molecule has 9 heteroatoms. The number of benzene rings is 1. The van der Waals surface area contributed by atoms with Crippen LogP contribution in [0.3, 0.4) is 0 Å². The van der Waals surface area contributed by atoms with Crippen molar-refractivity contribution in [3.63, 3.8) is 0 Å². The summed E-state index contributed by atoms with van der Waals surface area (Å²) in [5, 5.41) is 12.3. The number of amides is 1. The third-order valence-electron chi connectivity index (χ3n) is 4.47. The van der Waals surface area contributed by atoms with E-state index in [0.29, 0.717) is 6.54 Å². The molecule has 1 amide bonds. The van der Waals surface area contributed by atoms with Crippen molar-refractivity contribution < 1.29 is 23.1 Å². The predicted octanol–water partition coefficient (Wildman–Crippen LogP) is 2.18. The van der Waals surface area contributed by atoms with Crippen LogP contribution in [0.4, 0.5) is 0 Å². The number of nitrogens with one attached hydrogen (secondary N) is 2. The Morgan fingerprint density at radius 2 is 1.93 bits per heavy atom. The summed E-state index contributed by atoms with van der Waals surface area (Å²) in [7, 11) is -4.07. The molecule has 2 aromatic rings. The first kappa shape index (κ1) is 19.5. The Labute approximate surface area is 161 Å². The SMILES string of the molecule is CCCNC(=O)c1ccc(S(=O)(=O)N[C@]2(C(=O)O)C[C@H]2c2ccccc2)s1. The van der Waals surface area contributed by atoms with Gasteiger partial charge in [-0.2, -0.15) is 4.72 Å². The minimum Gasteiger partial charge on any atom is -0.480 e. The van der Waals surface area contributed by atoms with Gasteiger partial charge in [-0.25, -0.2) is 8.42 Å². The first-order valence-electron chi connectivity index (χ1n) is 8.50. The molecule has 1 fully saturated rings. The number of aliphatic carboxylic acids is 1. The molecule has 27 heavy (non-hydrogen) atoms. The highest BCUT2D eigenvalue weighted by Gasteiger charge is 2.63. The molecule has 0 spiro atoms. The number of hydrogen-bond donors (Lipinski definition) is 3. The monoisotopic (exact) mass is 408 g/mol. The van der Waals surface area contributed by atoms with Crippen molar-refractivity contribution in [1.29, 1.82) is 0 Å². The molecule has 1 aliphatic rings. The quantitative estimate of drug-likeness (QED) is 0.620. The summed E-state index contributed by atoms with van der Waals surface area (Å²) in [6.07, 6.45) is 0.951. The maximum Gasteiger partial charge on any atom is 0.325 e. The lowest BCUT2D eigenvalue weighted by Crippen LogP contribution is -2.44. The molecule has 144 valence electrons. The molecule has 3 N–H and O–H groups in total. The van der Waals surface area contributed by atoms with Crippen molar-refractivity contribution in [3.05, 3.63) is 52.9 Å². The number of carboxylic acids is 1. The van der Waals surface area contributed by atoms with Crippen LogP contribution in [-0.2, 0) is 14.8 Å². The fourth-order valence-corrected chi connectivity index (χ4v) is 5.57. The molecule has 1 aliphatic carbocycles. The number of carbonyl (C=O) groups is 2. The second kappa shape index (κ2) is 7.41. The van der Waals surface area contributed by atoms with E-state index in [-0.39, 0.29) is 21.4 Å². The number of hydrogen-bond acceptors (Lipinski definition) is 5. The zero-order valence-corrected chi connectivity index (χ0v) is 16.3. The van der Waals surface area contributed by atoms with Gasteiger partial charge in [0.05, 0.1) is 4.88 Å². The van der Waals surface area contributed by atoms with Gasteiger partial charge in [0.1, 0.15) is 9.75 Å². The maximum absolute atomic E-state index is 12.7. The van der Waals surface area contributed by atoms with Crippen LogP contribution in [0.1, 0.15) is 40.9 Å². The minimum absolute atomic E-state index is 0.0801. The van der Waals surface area contributed by atoms with Gasteiger partial charge in [0, 0.05) is 12.5 Å². The first-order chi connectivity index (χ1) is 12.8. The number of carbonyl (C=O) groups excluding carboxylic acids is 1. The zero-order chi connectivity index (χ0) is 19.7. The van der Waals surface area contributed by atoms with Gasteiger partial charge in [-0.3, -0.25) is 9.59 Å². The van der Waals surface area contributed by atoms with Crippen molar-refractivity contribution in [1.82, 2.24) is 10.0 Å². The zero-order valence-electron chi connectivity index (χ0n) is 14.6. The van der Waals surface area contributed by atoms with E-state index in [2.05, 4.69) is 10.0 Å². The molecule has 1 saturated carbocycles. The summed E-state index contributed by atoms with van der Waals surface area (Å²) in [5.41, 5.74) is -0.789. The molecule has 1 aromatic heterocycles. The Bertz CT molecular complexity index is 955. The van der Waals surface area contributed by atoms with Gasteiger partial charge in [0.25, 0.3) is 15.9 Å². The van der Waals surface area contributed by atoms with E-state index in [4.69, 9.17) is 0 Å². The third-order valence-corrected chi connectivity index (χ3v) is 7.55. The lowest BCUT2D eigenvalue weighted by Gasteiger charge is -2.14. The lowest BCUT2D eigenvalue weighted by molar-refractivity contribution is -0.140. The highest BCUT2D eigenvalue weighted by molar-refractivity contribution is 7.91. The predicted molar refractivity (Wildman–Crippen MR) is 101 cm³/mol. The topological polar surface area (TPSA) is 113 Å². The molecule has 2 atom stereocenters. The van der Waals surface area contributed by atoms with E-state index in [1.807, 2.05) is 13.0 Å². The highest BCUT2D eigenvalue weighted by atomic mass is 32.2. The summed E-state index contributed by atoms with van der Waals surface area (Å²) in [4.78, 5) is 24.1. The van der Waals surface area contributed by atoms with Gasteiger partial charge in [0.15, 0.2) is 0 Å². The van der Waals surface area contributed by atoms with Crippen molar-refractivity contribution in [2.24, 2.45) is 0 Å². The molecule has 3 rings (SSSR count). The van der Waals surface area contributed by atoms with Gasteiger partial charge in [-0.15, -0.1) is 11.3 Å². The van der Waals surface area contributed by atoms with Gasteiger partial charge < -0.3 is 10.4 Å². The van der Waals surface area contributed by atoms with Crippen molar-refractivity contribution in [2.45, 2.75) is 35.4 Å². The van der Waals surface area contributed by atoms with E-state index in [1.165, 1.54) is 12.1 Å².